The van der Waals surface area contributed by atoms with Crippen molar-refractivity contribution in [3.8, 4) is 5.75 Å². The van der Waals surface area contributed by atoms with Crippen LogP contribution in [0.2, 0.25) is 5.02 Å². The lowest BCUT2D eigenvalue weighted by Gasteiger charge is -2.35. The summed E-state index contributed by atoms with van der Waals surface area (Å²) in [4.78, 5) is 5.00. The van der Waals surface area contributed by atoms with Gasteiger partial charge in [0.05, 0.1) is 25.9 Å². The van der Waals surface area contributed by atoms with Crippen LogP contribution in [0.5, 0.6) is 5.75 Å². The second-order valence-corrected chi connectivity index (χ2v) is 7.23. The number of hydrogen-bond acceptors (Lipinski definition) is 5. The largest absolute Gasteiger partial charge is 0.492 e. The Hall–Kier alpha value is -0.850. The highest BCUT2D eigenvalue weighted by atomic mass is 35.5. The van der Waals surface area contributed by atoms with Gasteiger partial charge in [0.1, 0.15) is 12.4 Å². The lowest BCUT2D eigenvalue weighted by molar-refractivity contribution is -0.0933. The van der Waals surface area contributed by atoms with E-state index in [4.69, 9.17) is 25.8 Å². The van der Waals surface area contributed by atoms with Gasteiger partial charge in [-0.25, -0.2) is 0 Å². The molecule has 5 nitrogen and oxygen atoms in total. The molecule has 0 N–H and O–H groups in total. The maximum absolute atomic E-state index is 5.98. The van der Waals surface area contributed by atoms with Crippen LogP contribution >= 0.6 is 11.6 Å². The van der Waals surface area contributed by atoms with E-state index in [1.807, 2.05) is 25.1 Å². The van der Waals surface area contributed by atoms with E-state index in [1.54, 1.807) is 0 Å². The molecule has 2 heterocycles. The van der Waals surface area contributed by atoms with Crippen LogP contribution in [0, 0.1) is 6.92 Å². The van der Waals surface area contributed by atoms with Crippen molar-refractivity contribution in [1.82, 2.24) is 9.80 Å². The zero-order chi connectivity index (χ0) is 17.5. The quantitative estimate of drug-likeness (QED) is 0.738. The molecule has 1 unspecified atom stereocenters. The minimum absolute atomic E-state index is 0.280. The molecule has 2 fully saturated rings. The number of aryl methyl sites for hydroxylation is 1. The van der Waals surface area contributed by atoms with Crippen molar-refractivity contribution in [3.05, 3.63) is 28.8 Å². The fraction of sp³-hybridized carbons (Fsp3) is 0.684. The normalized spacial score (nSPS) is 22.9. The van der Waals surface area contributed by atoms with Gasteiger partial charge in [0.15, 0.2) is 0 Å². The second kappa shape index (κ2) is 9.74. The SMILES string of the molecule is Cc1cc(Cl)ccc1OCCN1CCN(CCC2COCCO2)CC1. The van der Waals surface area contributed by atoms with Crippen LogP contribution in [0.4, 0.5) is 0 Å². The van der Waals surface area contributed by atoms with Crippen molar-refractivity contribution in [3.63, 3.8) is 0 Å². The number of piperazine rings is 1. The summed E-state index contributed by atoms with van der Waals surface area (Å²) in [7, 11) is 0. The zero-order valence-corrected chi connectivity index (χ0v) is 15.8. The van der Waals surface area contributed by atoms with Crippen LogP contribution in [-0.4, -0.2) is 81.6 Å². The van der Waals surface area contributed by atoms with E-state index in [-0.39, 0.29) is 6.10 Å². The maximum Gasteiger partial charge on any atom is 0.122 e. The van der Waals surface area contributed by atoms with Crippen LogP contribution in [-0.2, 0) is 9.47 Å². The maximum atomic E-state index is 5.98. The summed E-state index contributed by atoms with van der Waals surface area (Å²) < 4.78 is 17.1. The van der Waals surface area contributed by atoms with E-state index in [9.17, 15) is 0 Å². The van der Waals surface area contributed by atoms with Crippen molar-refractivity contribution in [2.24, 2.45) is 0 Å². The number of ether oxygens (including phenoxy) is 3. The summed E-state index contributed by atoms with van der Waals surface area (Å²) in [5.74, 6) is 0.928. The molecule has 2 aliphatic heterocycles. The Kier molecular flexibility index (Phi) is 7.37. The Labute approximate surface area is 155 Å². The van der Waals surface area contributed by atoms with Crippen LogP contribution in [0.1, 0.15) is 12.0 Å². The molecular weight excluding hydrogens is 340 g/mol. The summed E-state index contributed by atoms with van der Waals surface area (Å²) in [6.45, 7) is 11.5. The van der Waals surface area contributed by atoms with Crippen molar-refractivity contribution in [2.45, 2.75) is 19.4 Å². The highest BCUT2D eigenvalue weighted by Gasteiger charge is 2.19. The number of benzene rings is 1. The first kappa shape index (κ1) is 18.9. The molecule has 1 atom stereocenters. The smallest absolute Gasteiger partial charge is 0.122 e. The molecule has 0 radical (unpaired) electrons. The Morgan fingerprint density at radius 2 is 1.88 bits per heavy atom. The highest BCUT2D eigenvalue weighted by Crippen LogP contribution is 2.21. The standard InChI is InChI=1S/C19H29ClN2O3/c1-16-14-17(20)2-3-19(16)25-11-10-22-8-6-21(7-9-22)5-4-18-15-23-12-13-24-18/h2-3,14,18H,4-13,15H2,1H3. The van der Waals surface area contributed by atoms with Gasteiger partial charge in [-0.3, -0.25) is 4.90 Å². The summed E-state index contributed by atoms with van der Waals surface area (Å²) in [6.07, 6.45) is 1.35. The van der Waals surface area contributed by atoms with Gasteiger partial charge in [-0.1, -0.05) is 11.6 Å². The summed E-state index contributed by atoms with van der Waals surface area (Å²) in [5, 5.41) is 0.756. The third-order valence-electron chi connectivity index (χ3n) is 4.92. The molecule has 0 spiro atoms. The average Bonchev–Trinajstić information content (AvgIpc) is 2.64. The number of rotatable bonds is 7. The van der Waals surface area contributed by atoms with Crippen LogP contribution < -0.4 is 4.74 Å². The Morgan fingerprint density at radius 1 is 1.12 bits per heavy atom. The molecule has 2 aliphatic rings. The van der Waals surface area contributed by atoms with Crippen molar-refractivity contribution in [1.29, 1.82) is 0 Å². The van der Waals surface area contributed by atoms with E-state index < -0.39 is 0 Å². The van der Waals surface area contributed by atoms with Gasteiger partial charge in [-0.15, -0.1) is 0 Å². The minimum atomic E-state index is 0.280. The van der Waals surface area contributed by atoms with E-state index in [1.165, 1.54) is 0 Å². The molecule has 2 saturated heterocycles. The fourth-order valence-corrected chi connectivity index (χ4v) is 3.55. The molecule has 0 bridgehead atoms. The van der Waals surface area contributed by atoms with Gasteiger partial charge in [0, 0.05) is 44.3 Å². The van der Waals surface area contributed by atoms with Gasteiger partial charge in [0.25, 0.3) is 0 Å². The monoisotopic (exact) mass is 368 g/mol. The molecule has 25 heavy (non-hydrogen) atoms. The molecule has 3 rings (SSSR count). The third-order valence-corrected chi connectivity index (χ3v) is 5.15. The fourth-order valence-electron chi connectivity index (χ4n) is 3.33. The first-order valence-electron chi connectivity index (χ1n) is 9.24. The number of halogens is 1. The van der Waals surface area contributed by atoms with Crippen molar-refractivity contribution >= 4 is 11.6 Å². The molecule has 0 aromatic heterocycles. The third kappa shape index (κ3) is 6.12. The molecule has 1 aromatic carbocycles. The summed E-state index contributed by atoms with van der Waals surface area (Å²) >= 11 is 5.98. The lowest BCUT2D eigenvalue weighted by Crippen LogP contribution is -2.48. The molecule has 1 aromatic rings. The zero-order valence-electron chi connectivity index (χ0n) is 15.1. The summed E-state index contributed by atoms with van der Waals surface area (Å²) in [6, 6.07) is 5.77. The molecule has 6 heteroatoms. The molecule has 0 amide bonds. The van der Waals surface area contributed by atoms with E-state index in [0.29, 0.717) is 0 Å². The highest BCUT2D eigenvalue weighted by molar-refractivity contribution is 6.30. The van der Waals surface area contributed by atoms with Crippen LogP contribution in [0.15, 0.2) is 18.2 Å². The Balaban J connectivity index is 1.29. The van der Waals surface area contributed by atoms with Crippen molar-refractivity contribution < 1.29 is 14.2 Å². The number of nitrogens with zero attached hydrogens (tertiary/aromatic N) is 2. The summed E-state index contributed by atoms with van der Waals surface area (Å²) in [5.41, 5.74) is 1.09. The Morgan fingerprint density at radius 3 is 2.56 bits per heavy atom. The molecule has 140 valence electrons. The predicted octanol–water partition coefficient (Wildman–Crippen LogP) is 2.45. The number of hydrogen-bond donors (Lipinski definition) is 0. The van der Waals surface area contributed by atoms with Crippen molar-refractivity contribution in [2.75, 3.05) is 65.7 Å². The van der Waals surface area contributed by atoms with Crippen LogP contribution in [0.25, 0.3) is 0 Å². The molecule has 0 saturated carbocycles. The topological polar surface area (TPSA) is 34.2 Å². The van der Waals surface area contributed by atoms with Gasteiger partial charge in [0.2, 0.25) is 0 Å². The molecule has 0 aliphatic carbocycles. The first-order valence-corrected chi connectivity index (χ1v) is 9.61. The van der Waals surface area contributed by atoms with Gasteiger partial charge < -0.3 is 19.1 Å². The lowest BCUT2D eigenvalue weighted by atomic mass is 10.2. The minimum Gasteiger partial charge on any atom is -0.492 e. The second-order valence-electron chi connectivity index (χ2n) is 6.80. The van der Waals surface area contributed by atoms with E-state index >= 15 is 0 Å². The van der Waals surface area contributed by atoms with Gasteiger partial charge >= 0.3 is 0 Å². The van der Waals surface area contributed by atoms with E-state index in [2.05, 4.69) is 9.80 Å². The molecular formula is C19H29ClN2O3. The first-order chi connectivity index (χ1) is 12.2. The average molecular weight is 369 g/mol. The Bertz CT molecular complexity index is 529. The van der Waals surface area contributed by atoms with E-state index in [0.717, 1.165) is 88.5 Å². The van der Waals surface area contributed by atoms with Gasteiger partial charge in [-0.2, -0.15) is 0 Å². The predicted molar refractivity (Wildman–Crippen MR) is 99.7 cm³/mol. The van der Waals surface area contributed by atoms with Gasteiger partial charge in [-0.05, 0) is 37.1 Å². The van der Waals surface area contributed by atoms with Crippen LogP contribution in [0.3, 0.4) is 0 Å².